The van der Waals surface area contributed by atoms with Crippen LogP contribution < -0.4 is 5.32 Å². The van der Waals surface area contributed by atoms with Crippen LogP contribution in [0.3, 0.4) is 0 Å². The minimum absolute atomic E-state index is 0. The van der Waals surface area contributed by atoms with Crippen molar-refractivity contribution in [1.29, 1.82) is 0 Å². The molecule has 0 aliphatic carbocycles. The highest BCUT2D eigenvalue weighted by Gasteiger charge is 2.18. The van der Waals surface area contributed by atoms with Crippen LogP contribution in [-0.4, -0.2) is 14.9 Å². The summed E-state index contributed by atoms with van der Waals surface area (Å²) in [5.74, 6) is -1.41. The van der Waals surface area contributed by atoms with Crippen LogP contribution in [0.2, 0.25) is 0 Å². The van der Waals surface area contributed by atoms with Gasteiger partial charge in [-0.05, 0) is 28.1 Å². The summed E-state index contributed by atoms with van der Waals surface area (Å²) in [6.45, 7) is 0. The Labute approximate surface area is 148 Å². The van der Waals surface area contributed by atoms with Gasteiger partial charge in [-0.25, -0.2) is 14.4 Å². The van der Waals surface area contributed by atoms with Gasteiger partial charge in [-0.2, -0.15) is 4.39 Å². The van der Waals surface area contributed by atoms with Crippen molar-refractivity contribution in [1.82, 2.24) is 9.97 Å². The summed E-state index contributed by atoms with van der Waals surface area (Å²) in [6, 6.07) is 6.58. The van der Waals surface area contributed by atoms with Gasteiger partial charge in [0.25, 0.3) is 0 Å². The fourth-order valence-corrected chi connectivity index (χ4v) is 2.40. The Morgan fingerprint density at radius 1 is 1.21 bits per heavy atom. The molecule has 2 aromatic carbocycles. The van der Waals surface area contributed by atoms with Crippen molar-refractivity contribution in [3.8, 4) is 0 Å². The molecule has 0 aliphatic heterocycles. The minimum atomic E-state index is -0.999. The van der Waals surface area contributed by atoms with Crippen molar-refractivity contribution in [2.75, 3.05) is 5.32 Å². The highest BCUT2D eigenvalue weighted by Crippen LogP contribution is 2.30. The molecule has 0 unspecified atom stereocenters. The number of hydrogen-bond acceptors (Lipinski definition) is 5. The van der Waals surface area contributed by atoms with Gasteiger partial charge in [-0.3, -0.25) is 10.1 Å². The zero-order valence-electron chi connectivity index (χ0n) is 11.7. The Hall–Kier alpha value is -2.39. The molecule has 0 aliphatic rings. The van der Waals surface area contributed by atoms with E-state index in [4.69, 9.17) is 0 Å². The van der Waals surface area contributed by atoms with Gasteiger partial charge in [0, 0.05) is 12.1 Å². The number of nitro benzene ring substituents is 1. The molecule has 6 nitrogen and oxygen atoms in total. The minimum Gasteiger partial charge on any atom is -0.337 e. The molecular formula is C14H8BrClF2N4O2. The van der Waals surface area contributed by atoms with Crippen LogP contribution in [0.1, 0.15) is 0 Å². The first-order valence-corrected chi connectivity index (χ1v) is 7.06. The first-order chi connectivity index (χ1) is 11.0. The number of rotatable bonds is 3. The lowest BCUT2D eigenvalue weighted by atomic mass is 10.2. The van der Waals surface area contributed by atoms with Gasteiger partial charge in [0.1, 0.15) is 12.1 Å². The van der Waals surface area contributed by atoms with E-state index in [0.717, 1.165) is 18.5 Å². The zero-order chi connectivity index (χ0) is 16.6. The highest BCUT2D eigenvalue weighted by molar-refractivity contribution is 9.10. The average Bonchev–Trinajstić information content (AvgIpc) is 2.51. The summed E-state index contributed by atoms with van der Waals surface area (Å²) in [5.41, 5.74) is -0.419. The van der Waals surface area contributed by atoms with E-state index in [-0.39, 0.29) is 39.3 Å². The average molecular weight is 418 g/mol. The van der Waals surface area contributed by atoms with Gasteiger partial charge in [0.2, 0.25) is 5.82 Å². The third-order valence-corrected chi connectivity index (χ3v) is 3.72. The SMILES string of the molecule is Cl.O=[N+]([O-])c1cc2c(Nc3cccc(Br)c3F)ncnc2cc1F. The lowest BCUT2D eigenvalue weighted by Gasteiger charge is -2.10. The molecule has 0 saturated heterocycles. The molecule has 0 radical (unpaired) electrons. The number of aromatic nitrogens is 2. The predicted molar refractivity (Wildman–Crippen MR) is 90.8 cm³/mol. The number of fused-ring (bicyclic) bond motifs is 1. The molecule has 10 heteroatoms. The lowest BCUT2D eigenvalue weighted by Crippen LogP contribution is -2.00. The second-order valence-electron chi connectivity index (χ2n) is 4.53. The third-order valence-electron chi connectivity index (χ3n) is 3.11. The number of hydrogen-bond donors (Lipinski definition) is 1. The smallest absolute Gasteiger partial charge is 0.305 e. The van der Waals surface area contributed by atoms with Crippen molar-refractivity contribution in [2.45, 2.75) is 0 Å². The molecule has 3 rings (SSSR count). The Morgan fingerprint density at radius 3 is 2.67 bits per heavy atom. The normalized spacial score (nSPS) is 10.3. The largest absolute Gasteiger partial charge is 0.337 e. The molecule has 0 amide bonds. The zero-order valence-corrected chi connectivity index (χ0v) is 14.1. The Bertz CT molecular complexity index is 942. The van der Waals surface area contributed by atoms with Crippen LogP contribution in [0.25, 0.3) is 10.9 Å². The lowest BCUT2D eigenvalue weighted by molar-refractivity contribution is -0.387. The second-order valence-corrected chi connectivity index (χ2v) is 5.38. The van der Waals surface area contributed by atoms with Crippen molar-refractivity contribution < 1.29 is 13.7 Å². The molecule has 1 N–H and O–H groups in total. The molecule has 0 fully saturated rings. The molecular weight excluding hydrogens is 410 g/mol. The van der Waals surface area contributed by atoms with E-state index in [1.165, 1.54) is 12.1 Å². The van der Waals surface area contributed by atoms with E-state index in [2.05, 4.69) is 31.2 Å². The van der Waals surface area contributed by atoms with Crippen LogP contribution in [-0.2, 0) is 0 Å². The molecule has 24 heavy (non-hydrogen) atoms. The maximum absolute atomic E-state index is 14.0. The molecule has 124 valence electrons. The summed E-state index contributed by atoms with van der Waals surface area (Å²) in [6.07, 6.45) is 1.16. The summed E-state index contributed by atoms with van der Waals surface area (Å²) >= 11 is 3.06. The molecule has 0 saturated carbocycles. The number of benzene rings is 2. The van der Waals surface area contributed by atoms with Gasteiger partial charge in [-0.15, -0.1) is 12.4 Å². The Morgan fingerprint density at radius 2 is 1.96 bits per heavy atom. The monoisotopic (exact) mass is 416 g/mol. The topological polar surface area (TPSA) is 81.0 Å². The van der Waals surface area contributed by atoms with E-state index in [9.17, 15) is 18.9 Å². The van der Waals surface area contributed by atoms with Gasteiger partial charge in [0.15, 0.2) is 5.82 Å². The standard InChI is InChI=1S/C14H7BrF2N4O2.ClH/c15-8-2-1-3-10(13(8)17)20-14-7-4-12(21(22)23)9(16)5-11(7)18-6-19-14;/h1-6H,(H,18,19,20);1H. The molecule has 1 heterocycles. The van der Waals surface area contributed by atoms with E-state index >= 15 is 0 Å². The number of anilines is 2. The maximum Gasteiger partial charge on any atom is 0.305 e. The van der Waals surface area contributed by atoms with Crippen molar-refractivity contribution >= 4 is 56.4 Å². The van der Waals surface area contributed by atoms with Gasteiger partial charge in [-0.1, -0.05) is 6.07 Å². The molecule has 0 bridgehead atoms. The molecule has 0 atom stereocenters. The summed E-state index contributed by atoms with van der Waals surface area (Å²) < 4.78 is 27.9. The predicted octanol–water partition coefficient (Wildman–Crippen LogP) is 4.74. The summed E-state index contributed by atoms with van der Waals surface area (Å²) in [4.78, 5) is 17.9. The highest BCUT2D eigenvalue weighted by atomic mass is 79.9. The number of nitro groups is 1. The van der Waals surface area contributed by atoms with Crippen LogP contribution in [0, 0.1) is 21.7 Å². The molecule has 3 aromatic rings. The quantitative estimate of drug-likeness (QED) is 0.491. The number of nitrogens with zero attached hydrogens (tertiary/aromatic N) is 3. The summed E-state index contributed by atoms with van der Waals surface area (Å²) in [7, 11) is 0. The van der Waals surface area contributed by atoms with E-state index in [0.29, 0.717) is 0 Å². The molecule has 0 spiro atoms. The fourth-order valence-electron chi connectivity index (χ4n) is 2.03. The summed E-state index contributed by atoms with van der Waals surface area (Å²) in [5, 5.41) is 13.8. The van der Waals surface area contributed by atoms with Gasteiger partial charge >= 0.3 is 5.69 Å². The third kappa shape index (κ3) is 3.26. The fraction of sp³-hybridized carbons (Fsp3) is 0. The first kappa shape index (κ1) is 18.0. The first-order valence-electron chi connectivity index (χ1n) is 6.27. The van der Waals surface area contributed by atoms with E-state index in [1.807, 2.05) is 0 Å². The Kier molecular flexibility index (Phi) is 5.25. The second kappa shape index (κ2) is 7.02. The Balaban J connectivity index is 0.00000208. The number of halogens is 4. The van der Waals surface area contributed by atoms with Gasteiger partial charge < -0.3 is 5.32 Å². The van der Waals surface area contributed by atoms with Crippen molar-refractivity contribution in [3.05, 3.63) is 62.9 Å². The van der Waals surface area contributed by atoms with Crippen LogP contribution >= 0.6 is 28.3 Å². The van der Waals surface area contributed by atoms with E-state index in [1.54, 1.807) is 6.07 Å². The number of nitrogens with one attached hydrogen (secondary N) is 1. The van der Waals surface area contributed by atoms with Crippen LogP contribution in [0.4, 0.5) is 26.0 Å². The van der Waals surface area contributed by atoms with Crippen LogP contribution in [0.15, 0.2) is 41.1 Å². The van der Waals surface area contributed by atoms with Crippen molar-refractivity contribution in [2.24, 2.45) is 0 Å². The maximum atomic E-state index is 14.0. The molecule has 1 aromatic heterocycles. The van der Waals surface area contributed by atoms with Gasteiger partial charge in [0.05, 0.1) is 26.0 Å². The van der Waals surface area contributed by atoms with Crippen LogP contribution in [0.5, 0.6) is 0 Å². The van der Waals surface area contributed by atoms with Crippen molar-refractivity contribution in [3.63, 3.8) is 0 Å². The van der Waals surface area contributed by atoms with E-state index < -0.39 is 22.2 Å².